The second kappa shape index (κ2) is 7.48. The molecule has 1 aliphatic carbocycles. The van der Waals surface area contributed by atoms with E-state index in [9.17, 15) is 14.9 Å². The molecule has 3 aromatic rings. The molecule has 0 bridgehead atoms. The van der Waals surface area contributed by atoms with E-state index in [4.69, 9.17) is 4.42 Å². The smallest absolute Gasteiger partial charge is 0.269 e. The number of nitrogens with zero attached hydrogens (tertiary/aromatic N) is 2. The number of rotatable bonds is 6. The molecule has 7 nitrogen and oxygen atoms in total. The van der Waals surface area contributed by atoms with Gasteiger partial charge in [-0.1, -0.05) is 30.3 Å². The summed E-state index contributed by atoms with van der Waals surface area (Å²) in [5, 5.41) is 14.7. The molecule has 0 aliphatic heterocycles. The number of nitro groups is 1. The standard InChI is InChI=1S/C21H17N3O4/c25-21(19-12-18(19)14-4-2-1-3-5-14)23-22-13-17-10-11-20(28-17)15-6-8-16(9-7-15)24(26)27/h1-11,13,18-19H,12H2,(H,23,25). The van der Waals surface area contributed by atoms with Crippen LogP contribution < -0.4 is 5.43 Å². The Morgan fingerprint density at radius 2 is 1.86 bits per heavy atom. The number of nitrogens with one attached hydrogen (secondary N) is 1. The highest BCUT2D eigenvalue weighted by Crippen LogP contribution is 2.47. The van der Waals surface area contributed by atoms with Gasteiger partial charge in [0, 0.05) is 23.6 Å². The normalized spacial score (nSPS) is 18.1. The first-order chi connectivity index (χ1) is 13.6. The number of hydrazone groups is 1. The highest BCUT2D eigenvalue weighted by molar-refractivity contribution is 5.85. The second-order valence-corrected chi connectivity index (χ2v) is 6.60. The predicted molar refractivity (Wildman–Crippen MR) is 104 cm³/mol. The molecule has 1 amide bonds. The molecule has 2 unspecified atom stereocenters. The summed E-state index contributed by atoms with van der Waals surface area (Å²) < 4.78 is 5.65. The van der Waals surface area contributed by atoms with E-state index in [1.54, 1.807) is 24.3 Å². The third kappa shape index (κ3) is 3.83. The fourth-order valence-electron chi connectivity index (χ4n) is 3.12. The molecule has 4 rings (SSSR count). The highest BCUT2D eigenvalue weighted by Gasteiger charge is 2.43. The van der Waals surface area contributed by atoms with Gasteiger partial charge in [-0.2, -0.15) is 5.10 Å². The minimum absolute atomic E-state index is 0.0219. The zero-order valence-corrected chi connectivity index (χ0v) is 14.8. The Labute approximate surface area is 160 Å². The van der Waals surface area contributed by atoms with E-state index in [0.29, 0.717) is 11.5 Å². The Balaban J connectivity index is 1.33. The molecule has 0 saturated heterocycles. The van der Waals surface area contributed by atoms with E-state index in [1.807, 2.05) is 30.3 Å². The average molecular weight is 375 g/mol. The number of amides is 1. The van der Waals surface area contributed by atoms with Gasteiger partial charge in [-0.25, -0.2) is 5.43 Å². The lowest BCUT2D eigenvalue weighted by Crippen LogP contribution is -2.20. The van der Waals surface area contributed by atoms with Crippen molar-refractivity contribution in [1.29, 1.82) is 0 Å². The number of hydrogen-bond donors (Lipinski definition) is 1. The minimum Gasteiger partial charge on any atom is -0.455 e. The molecule has 2 atom stereocenters. The summed E-state index contributed by atoms with van der Waals surface area (Å²) in [6, 6.07) is 19.5. The summed E-state index contributed by atoms with van der Waals surface area (Å²) in [7, 11) is 0. The van der Waals surface area contributed by atoms with Gasteiger partial charge in [0.2, 0.25) is 5.91 Å². The Hall–Kier alpha value is -3.74. The molecule has 1 saturated carbocycles. The van der Waals surface area contributed by atoms with Gasteiger partial charge in [-0.15, -0.1) is 0 Å². The monoisotopic (exact) mass is 375 g/mol. The van der Waals surface area contributed by atoms with E-state index < -0.39 is 4.92 Å². The molecule has 2 aromatic carbocycles. The van der Waals surface area contributed by atoms with Gasteiger partial charge in [0.1, 0.15) is 11.5 Å². The number of benzene rings is 2. The van der Waals surface area contributed by atoms with Crippen LogP contribution in [-0.2, 0) is 4.79 Å². The van der Waals surface area contributed by atoms with Crippen molar-refractivity contribution >= 4 is 17.8 Å². The van der Waals surface area contributed by atoms with Crippen LogP contribution >= 0.6 is 0 Å². The van der Waals surface area contributed by atoms with Crippen LogP contribution in [0.1, 0.15) is 23.7 Å². The first kappa shape index (κ1) is 17.7. The van der Waals surface area contributed by atoms with Gasteiger partial charge in [-0.3, -0.25) is 14.9 Å². The van der Waals surface area contributed by atoms with Gasteiger partial charge < -0.3 is 4.42 Å². The summed E-state index contributed by atoms with van der Waals surface area (Å²) in [4.78, 5) is 22.4. The summed E-state index contributed by atoms with van der Waals surface area (Å²) in [5.41, 5.74) is 4.47. The number of furan rings is 1. The summed E-state index contributed by atoms with van der Waals surface area (Å²) in [5.74, 6) is 1.14. The minimum atomic E-state index is -0.450. The van der Waals surface area contributed by atoms with E-state index in [0.717, 1.165) is 12.0 Å². The van der Waals surface area contributed by atoms with Gasteiger partial charge in [0.15, 0.2) is 0 Å². The molecule has 1 heterocycles. The lowest BCUT2D eigenvalue weighted by atomic mass is 10.1. The largest absolute Gasteiger partial charge is 0.455 e. The lowest BCUT2D eigenvalue weighted by Gasteiger charge is -1.99. The molecular weight excluding hydrogens is 358 g/mol. The molecule has 1 N–H and O–H groups in total. The number of non-ortho nitro benzene ring substituents is 1. The van der Waals surface area contributed by atoms with Crippen molar-refractivity contribution in [2.45, 2.75) is 12.3 Å². The first-order valence-corrected chi connectivity index (χ1v) is 8.84. The number of nitro benzene ring substituents is 1. The predicted octanol–water partition coefficient (Wildman–Crippen LogP) is 4.11. The van der Waals surface area contributed by atoms with E-state index >= 15 is 0 Å². The summed E-state index contributed by atoms with van der Waals surface area (Å²) in [6.07, 6.45) is 2.27. The lowest BCUT2D eigenvalue weighted by molar-refractivity contribution is -0.384. The van der Waals surface area contributed by atoms with Gasteiger partial charge >= 0.3 is 0 Å². The van der Waals surface area contributed by atoms with E-state index in [2.05, 4.69) is 10.5 Å². The summed E-state index contributed by atoms with van der Waals surface area (Å²) in [6.45, 7) is 0. The van der Waals surface area contributed by atoms with Crippen LogP contribution in [0, 0.1) is 16.0 Å². The fraction of sp³-hybridized carbons (Fsp3) is 0.143. The Kier molecular flexibility index (Phi) is 4.72. The maximum Gasteiger partial charge on any atom is 0.269 e. The fourth-order valence-corrected chi connectivity index (χ4v) is 3.12. The molecule has 0 radical (unpaired) electrons. The second-order valence-electron chi connectivity index (χ2n) is 6.60. The van der Waals surface area contributed by atoms with Crippen molar-refractivity contribution < 1.29 is 14.1 Å². The van der Waals surface area contributed by atoms with Crippen molar-refractivity contribution in [3.8, 4) is 11.3 Å². The maximum absolute atomic E-state index is 12.2. The summed E-state index contributed by atoms with van der Waals surface area (Å²) >= 11 is 0. The number of hydrogen-bond acceptors (Lipinski definition) is 5. The third-order valence-corrected chi connectivity index (χ3v) is 4.71. The van der Waals surface area contributed by atoms with Crippen LogP contribution in [0.3, 0.4) is 0 Å². The maximum atomic E-state index is 12.2. The SMILES string of the molecule is O=C(NN=Cc1ccc(-c2ccc([N+](=O)[O-])cc2)o1)C1CC1c1ccccc1. The number of carbonyl (C=O) groups is 1. The zero-order valence-electron chi connectivity index (χ0n) is 14.8. The van der Waals surface area contributed by atoms with Crippen LogP contribution in [0.4, 0.5) is 5.69 Å². The molecule has 7 heteroatoms. The van der Waals surface area contributed by atoms with Crippen LogP contribution in [0.25, 0.3) is 11.3 Å². The van der Waals surface area contributed by atoms with E-state index in [-0.39, 0.29) is 23.4 Å². The van der Waals surface area contributed by atoms with Gasteiger partial charge in [-0.05, 0) is 42.2 Å². The number of carbonyl (C=O) groups excluding carboxylic acids is 1. The zero-order chi connectivity index (χ0) is 19.5. The quantitative estimate of drug-likeness (QED) is 0.398. The van der Waals surface area contributed by atoms with Crippen molar-refractivity contribution in [1.82, 2.24) is 5.43 Å². The molecule has 28 heavy (non-hydrogen) atoms. The molecule has 140 valence electrons. The van der Waals surface area contributed by atoms with Gasteiger partial charge in [0.25, 0.3) is 5.69 Å². The van der Waals surface area contributed by atoms with Crippen molar-refractivity contribution in [2.24, 2.45) is 11.0 Å². The van der Waals surface area contributed by atoms with Crippen LogP contribution in [-0.4, -0.2) is 17.0 Å². The van der Waals surface area contributed by atoms with Crippen LogP contribution in [0.15, 0.2) is 76.2 Å². The molecular formula is C21H17N3O4. The molecule has 0 spiro atoms. The van der Waals surface area contributed by atoms with E-state index in [1.165, 1.54) is 23.9 Å². The molecule has 1 fully saturated rings. The Bertz CT molecular complexity index is 1030. The highest BCUT2D eigenvalue weighted by atomic mass is 16.6. The average Bonchev–Trinajstić information content (AvgIpc) is 3.39. The Morgan fingerprint density at radius 1 is 1.11 bits per heavy atom. The Morgan fingerprint density at radius 3 is 2.57 bits per heavy atom. The van der Waals surface area contributed by atoms with Crippen LogP contribution in [0.5, 0.6) is 0 Å². The third-order valence-electron chi connectivity index (χ3n) is 4.71. The van der Waals surface area contributed by atoms with Crippen molar-refractivity contribution in [3.05, 3.63) is 88.2 Å². The van der Waals surface area contributed by atoms with Gasteiger partial charge in [0.05, 0.1) is 11.1 Å². The topological polar surface area (TPSA) is 97.7 Å². The molecule has 1 aliphatic rings. The van der Waals surface area contributed by atoms with Crippen molar-refractivity contribution in [3.63, 3.8) is 0 Å². The first-order valence-electron chi connectivity index (χ1n) is 8.84. The van der Waals surface area contributed by atoms with Crippen molar-refractivity contribution in [2.75, 3.05) is 0 Å². The molecule has 1 aromatic heterocycles. The van der Waals surface area contributed by atoms with Crippen LogP contribution in [0.2, 0.25) is 0 Å².